The zero-order chi connectivity index (χ0) is 17.2. The quantitative estimate of drug-likeness (QED) is 0.512. The maximum Gasteiger partial charge on any atom is 0.283 e. The van der Waals surface area contributed by atoms with Crippen LogP contribution < -0.4 is 5.32 Å². The summed E-state index contributed by atoms with van der Waals surface area (Å²) in [5.74, 6) is 0.440. The van der Waals surface area contributed by atoms with Gasteiger partial charge in [0.15, 0.2) is 0 Å². The van der Waals surface area contributed by atoms with E-state index in [9.17, 15) is 13.5 Å². The Labute approximate surface area is 136 Å². The summed E-state index contributed by atoms with van der Waals surface area (Å²) in [6.45, 7) is 7.15. The number of rotatable bonds is 3. The fraction of sp³-hybridized carbons (Fsp3) is 0.235. The van der Waals surface area contributed by atoms with Crippen LogP contribution in [0.1, 0.15) is 23.6 Å². The largest absolute Gasteiger partial charge is 0.508 e. The van der Waals surface area contributed by atoms with Gasteiger partial charge < -0.3 is 10.4 Å². The van der Waals surface area contributed by atoms with Crippen molar-refractivity contribution in [3.63, 3.8) is 0 Å². The van der Waals surface area contributed by atoms with Crippen molar-refractivity contribution in [2.45, 2.75) is 32.6 Å². The van der Waals surface area contributed by atoms with Gasteiger partial charge in [-0.2, -0.15) is 8.42 Å². The lowest BCUT2D eigenvalue weighted by atomic mass is 10.1. The molecule has 0 aromatic heterocycles. The van der Waals surface area contributed by atoms with Crippen molar-refractivity contribution in [2.75, 3.05) is 5.32 Å². The van der Waals surface area contributed by atoms with Gasteiger partial charge in [-0.3, -0.25) is 0 Å². The molecule has 0 atom stereocenters. The molecule has 0 saturated carbocycles. The second-order valence-electron chi connectivity index (χ2n) is 5.54. The maximum absolute atomic E-state index is 12.3. The zero-order valence-electron chi connectivity index (χ0n) is 13.6. The van der Waals surface area contributed by atoms with Gasteiger partial charge in [-0.1, -0.05) is 17.7 Å². The van der Waals surface area contributed by atoms with Crippen molar-refractivity contribution in [1.29, 1.82) is 0 Å². The van der Waals surface area contributed by atoms with E-state index in [4.69, 9.17) is 0 Å². The molecule has 0 bridgehead atoms. The lowest BCUT2D eigenvalue weighted by molar-refractivity contribution is 0.474. The highest BCUT2D eigenvalue weighted by Gasteiger charge is 2.13. The predicted molar refractivity (Wildman–Crippen MR) is 92.7 cm³/mol. The number of sulfonamides is 1. The number of phenols is 1. The fourth-order valence-electron chi connectivity index (χ4n) is 2.28. The van der Waals surface area contributed by atoms with Crippen molar-refractivity contribution < 1.29 is 13.5 Å². The van der Waals surface area contributed by atoms with Crippen molar-refractivity contribution in [3.8, 4) is 5.75 Å². The summed E-state index contributed by atoms with van der Waals surface area (Å²) in [5, 5.41) is 12.6. The van der Waals surface area contributed by atoms with Crippen LogP contribution in [0.4, 0.5) is 5.69 Å². The molecule has 0 fully saturated rings. The molecule has 5 nitrogen and oxygen atoms in total. The van der Waals surface area contributed by atoms with E-state index in [0.717, 1.165) is 22.4 Å². The Morgan fingerprint density at radius 1 is 1.04 bits per heavy atom. The van der Waals surface area contributed by atoms with Crippen LogP contribution in [-0.2, 0) is 10.0 Å². The number of hydrogen-bond donors (Lipinski definition) is 2. The summed E-state index contributed by atoms with van der Waals surface area (Å²) in [6.07, 6.45) is 0. The first-order chi connectivity index (χ1) is 10.7. The number of phenolic OH excluding ortho intramolecular Hbond substituents is 1. The van der Waals surface area contributed by atoms with E-state index in [-0.39, 0.29) is 16.5 Å². The normalized spacial score (nSPS) is 12.3. The summed E-state index contributed by atoms with van der Waals surface area (Å²) in [4.78, 5) is 0.156. The number of anilines is 1. The lowest BCUT2D eigenvalue weighted by Crippen LogP contribution is -2.12. The number of benzene rings is 2. The van der Waals surface area contributed by atoms with Gasteiger partial charge in [0.1, 0.15) is 11.6 Å². The third-order valence-corrected chi connectivity index (χ3v) is 4.78. The first-order valence-electron chi connectivity index (χ1n) is 7.14. The van der Waals surface area contributed by atoms with E-state index in [1.54, 1.807) is 43.3 Å². The van der Waals surface area contributed by atoms with Crippen LogP contribution in [0.2, 0.25) is 0 Å². The number of aryl methyl sites for hydroxylation is 3. The number of nitrogens with zero attached hydrogens (tertiary/aromatic N) is 1. The summed E-state index contributed by atoms with van der Waals surface area (Å²) in [5.41, 5.74) is 3.34. The first-order valence-corrected chi connectivity index (χ1v) is 8.58. The molecular weight excluding hydrogens is 312 g/mol. The molecule has 23 heavy (non-hydrogen) atoms. The highest BCUT2D eigenvalue weighted by molar-refractivity contribution is 7.90. The molecule has 2 aromatic rings. The van der Waals surface area contributed by atoms with E-state index in [2.05, 4.69) is 9.71 Å². The minimum atomic E-state index is -3.75. The number of aromatic hydroxyl groups is 1. The summed E-state index contributed by atoms with van der Waals surface area (Å²) < 4.78 is 28.4. The van der Waals surface area contributed by atoms with Gasteiger partial charge in [0.25, 0.3) is 10.0 Å². The zero-order valence-corrected chi connectivity index (χ0v) is 14.4. The molecule has 0 heterocycles. The molecule has 0 radical (unpaired) electrons. The molecule has 0 spiro atoms. The average Bonchev–Trinajstić information content (AvgIpc) is 2.42. The summed E-state index contributed by atoms with van der Waals surface area (Å²) in [6, 6.07) is 9.77. The monoisotopic (exact) mass is 332 g/mol. The smallest absolute Gasteiger partial charge is 0.283 e. The van der Waals surface area contributed by atoms with Crippen molar-refractivity contribution in [3.05, 3.63) is 53.1 Å². The Balaban J connectivity index is 2.31. The Morgan fingerprint density at radius 2 is 1.57 bits per heavy atom. The van der Waals surface area contributed by atoms with Gasteiger partial charge in [-0.15, -0.1) is 4.40 Å². The lowest BCUT2D eigenvalue weighted by Gasteiger charge is -2.13. The van der Waals surface area contributed by atoms with E-state index in [1.807, 2.05) is 20.8 Å². The van der Waals surface area contributed by atoms with Crippen molar-refractivity contribution in [2.24, 2.45) is 4.40 Å². The second kappa shape index (κ2) is 6.42. The van der Waals surface area contributed by atoms with Gasteiger partial charge in [-0.25, -0.2) is 0 Å². The van der Waals surface area contributed by atoms with Crippen LogP contribution >= 0.6 is 0 Å². The van der Waals surface area contributed by atoms with Gasteiger partial charge in [-0.05, 0) is 63.1 Å². The van der Waals surface area contributed by atoms with Crippen LogP contribution in [0.3, 0.4) is 0 Å². The van der Waals surface area contributed by atoms with Crippen LogP contribution in [0, 0.1) is 20.8 Å². The third kappa shape index (κ3) is 4.10. The molecule has 0 aliphatic rings. The molecule has 2 aromatic carbocycles. The number of nitrogens with one attached hydrogen (secondary N) is 1. The van der Waals surface area contributed by atoms with Gasteiger partial charge in [0, 0.05) is 5.69 Å². The first kappa shape index (κ1) is 17.0. The Bertz CT molecular complexity index is 831. The van der Waals surface area contributed by atoms with Crippen LogP contribution in [0.15, 0.2) is 45.7 Å². The topological polar surface area (TPSA) is 78.8 Å². The SMILES string of the molecule is CC(=NS(=O)(=O)c1ccc(C)cc1)Nc1c(C)cc(O)cc1C. The molecule has 6 heteroatoms. The van der Waals surface area contributed by atoms with Crippen LogP contribution in [0.5, 0.6) is 5.75 Å². The Morgan fingerprint density at radius 3 is 2.09 bits per heavy atom. The van der Waals surface area contributed by atoms with Crippen LogP contribution in [0.25, 0.3) is 0 Å². The molecule has 0 saturated heterocycles. The van der Waals surface area contributed by atoms with E-state index >= 15 is 0 Å². The van der Waals surface area contributed by atoms with E-state index < -0.39 is 10.0 Å². The van der Waals surface area contributed by atoms with E-state index in [1.165, 1.54) is 0 Å². The highest BCUT2D eigenvalue weighted by Crippen LogP contribution is 2.25. The van der Waals surface area contributed by atoms with Gasteiger partial charge >= 0.3 is 0 Å². The molecule has 2 rings (SSSR count). The molecule has 122 valence electrons. The van der Waals surface area contributed by atoms with Crippen LogP contribution in [-0.4, -0.2) is 19.4 Å². The fourth-order valence-corrected chi connectivity index (χ4v) is 3.28. The standard InChI is InChI=1S/C17H20N2O3S/c1-11-5-7-16(8-6-11)23(21,22)19-14(4)18-17-12(2)9-15(20)10-13(17)3/h5-10,20H,1-4H3,(H,18,19). The third-order valence-electron chi connectivity index (χ3n) is 3.40. The molecule has 0 aliphatic heterocycles. The maximum atomic E-state index is 12.3. The summed E-state index contributed by atoms with van der Waals surface area (Å²) in [7, 11) is -3.75. The summed E-state index contributed by atoms with van der Waals surface area (Å²) >= 11 is 0. The highest BCUT2D eigenvalue weighted by atomic mass is 32.2. The van der Waals surface area contributed by atoms with Gasteiger partial charge in [0.05, 0.1) is 4.90 Å². The van der Waals surface area contributed by atoms with Gasteiger partial charge in [0.2, 0.25) is 0 Å². The molecular formula is C17H20N2O3S. The molecule has 0 unspecified atom stereocenters. The Kier molecular flexibility index (Phi) is 4.75. The minimum absolute atomic E-state index is 0.156. The number of amidine groups is 1. The molecule has 0 amide bonds. The van der Waals surface area contributed by atoms with Crippen molar-refractivity contribution >= 4 is 21.5 Å². The predicted octanol–water partition coefficient (Wildman–Crippen LogP) is 3.54. The molecule has 2 N–H and O–H groups in total. The minimum Gasteiger partial charge on any atom is -0.508 e. The van der Waals surface area contributed by atoms with Crippen molar-refractivity contribution in [1.82, 2.24) is 0 Å². The molecule has 0 aliphatic carbocycles. The van der Waals surface area contributed by atoms with E-state index in [0.29, 0.717) is 0 Å². The number of hydrogen-bond acceptors (Lipinski definition) is 3. The second-order valence-corrected chi connectivity index (χ2v) is 7.15. The Hall–Kier alpha value is -2.34. The average molecular weight is 332 g/mol.